The Morgan fingerprint density at radius 1 is 0.905 bits per heavy atom. The lowest BCUT2D eigenvalue weighted by molar-refractivity contribution is -0.134. The Kier molecular flexibility index (Phi) is 11.9. The summed E-state index contributed by atoms with van der Waals surface area (Å²) in [6.07, 6.45) is 8.70. The normalized spacial score (nSPS) is 21.1. The maximum Gasteiger partial charge on any atom is 0.270 e. The van der Waals surface area contributed by atoms with Crippen LogP contribution in [0.1, 0.15) is 67.9 Å². The second kappa shape index (κ2) is 18.0. The number of carbonyl (C=O) groups excluding carboxylic acids is 4. The molecular weight excluding hydrogens is 810 g/mol. The van der Waals surface area contributed by atoms with Crippen LogP contribution in [0.15, 0.2) is 67.1 Å². The van der Waals surface area contributed by atoms with Crippen molar-refractivity contribution in [1.29, 1.82) is 0 Å². The second-order valence-corrected chi connectivity index (χ2v) is 16.9. The molecule has 9 rings (SSSR count). The van der Waals surface area contributed by atoms with Crippen molar-refractivity contribution >= 4 is 46.2 Å². The van der Waals surface area contributed by atoms with Crippen molar-refractivity contribution in [3.63, 3.8) is 0 Å². The van der Waals surface area contributed by atoms with Gasteiger partial charge in [-0.2, -0.15) is 9.49 Å². The number of nitrogen functional groups attached to an aromatic ring is 1. The van der Waals surface area contributed by atoms with Gasteiger partial charge in [0, 0.05) is 50.6 Å². The molecule has 4 amide bonds. The molecule has 3 aliphatic heterocycles. The number of nitrogens with one attached hydrogen (secondary N) is 3. The van der Waals surface area contributed by atoms with E-state index in [0.29, 0.717) is 34.2 Å². The number of amides is 4. The molecule has 3 saturated heterocycles. The third-order valence-corrected chi connectivity index (χ3v) is 12.8. The molecule has 4 aliphatic rings. The van der Waals surface area contributed by atoms with Gasteiger partial charge in [0.1, 0.15) is 35.3 Å². The minimum Gasteiger partial charge on any atom is -0.494 e. The van der Waals surface area contributed by atoms with Crippen molar-refractivity contribution in [3.8, 4) is 28.5 Å². The number of hydrogen-bond donors (Lipinski definition) is 4. The van der Waals surface area contributed by atoms with E-state index in [1.54, 1.807) is 30.5 Å². The summed E-state index contributed by atoms with van der Waals surface area (Å²) in [4.78, 5) is 67.4. The van der Waals surface area contributed by atoms with Crippen molar-refractivity contribution in [2.45, 2.75) is 69.5 Å². The summed E-state index contributed by atoms with van der Waals surface area (Å²) in [5.74, 6) is -0.308. The number of nitrogens with two attached hydrogens (primary N) is 1. The molecule has 63 heavy (non-hydrogen) atoms. The van der Waals surface area contributed by atoms with Crippen molar-refractivity contribution in [2.24, 2.45) is 11.8 Å². The van der Waals surface area contributed by atoms with E-state index in [2.05, 4.69) is 40.7 Å². The molecule has 0 bridgehead atoms. The van der Waals surface area contributed by atoms with Crippen LogP contribution >= 0.6 is 0 Å². The number of benzene rings is 2. The van der Waals surface area contributed by atoms with Gasteiger partial charge >= 0.3 is 0 Å². The molecule has 2 aromatic carbocycles. The molecule has 0 radical (unpaired) electrons. The summed E-state index contributed by atoms with van der Waals surface area (Å²) < 4.78 is 27.5. The molecule has 5 aromatic rings. The van der Waals surface area contributed by atoms with Gasteiger partial charge in [0.15, 0.2) is 17.1 Å². The van der Waals surface area contributed by atoms with E-state index < -0.39 is 23.7 Å². The molecule has 1 aliphatic carbocycles. The van der Waals surface area contributed by atoms with Crippen LogP contribution in [-0.2, 0) is 14.4 Å². The first-order valence-electron chi connectivity index (χ1n) is 21.6. The number of nitrogens with zero attached hydrogens (tertiary/aromatic N) is 7. The first kappa shape index (κ1) is 41.7. The maximum absolute atomic E-state index is 14.7. The van der Waals surface area contributed by atoms with Gasteiger partial charge in [-0.15, -0.1) is 0 Å². The minimum atomic E-state index is -0.744. The van der Waals surface area contributed by atoms with Crippen LogP contribution in [0.5, 0.6) is 17.2 Å². The zero-order chi connectivity index (χ0) is 43.6. The number of likely N-dealkylation sites (tertiary alicyclic amines) is 1. The fourth-order valence-corrected chi connectivity index (χ4v) is 9.21. The van der Waals surface area contributed by atoms with Gasteiger partial charge in [0.2, 0.25) is 23.5 Å². The predicted molar refractivity (Wildman–Crippen MR) is 230 cm³/mol. The lowest BCUT2D eigenvalue weighted by Crippen LogP contribution is -2.61. The van der Waals surface area contributed by atoms with E-state index in [4.69, 9.17) is 20.3 Å². The summed E-state index contributed by atoms with van der Waals surface area (Å²) in [5, 5.41) is 13.9. The monoisotopic (exact) mass is 859 g/mol. The number of halogens is 1. The fourth-order valence-electron chi connectivity index (χ4n) is 9.21. The number of methoxy groups -OCH3 is 1. The highest BCUT2D eigenvalue weighted by molar-refractivity contribution is 6.03. The smallest absolute Gasteiger partial charge is 0.270 e. The summed E-state index contributed by atoms with van der Waals surface area (Å²) in [6.45, 7) is 4.47. The van der Waals surface area contributed by atoms with Crippen molar-refractivity contribution in [1.82, 2.24) is 45.6 Å². The van der Waals surface area contributed by atoms with Gasteiger partial charge < -0.3 is 30.7 Å². The fraction of sp³-hybridized carbons (Fsp3) is 0.422. The molecule has 6 heterocycles. The third-order valence-electron chi connectivity index (χ3n) is 12.8. The zero-order valence-corrected chi connectivity index (χ0v) is 35.0. The van der Waals surface area contributed by atoms with Crippen LogP contribution in [0.3, 0.4) is 0 Å². The number of ether oxygens (including phenoxy) is 2. The number of aromatic nitrogens is 5. The van der Waals surface area contributed by atoms with E-state index in [-0.39, 0.29) is 59.9 Å². The van der Waals surface area contributed by atoms with Crippen LogP contribution < -0.4 is 36.1 Å². The van der Waals surface area contributed by atoms with E-state index >= 15 is 0 Å². The summed E-state index contributed by atoms with van der Waals surface area (Å²) in [6, 6.07) is 14.9. The Bertz CT molecular complexity index is 2500. The zero-order valence-electron chi connectivity index (χ0n) is 35.0. The highest BCUT2D eigenvalue weighted by Crippen LogP contribution is 2.39. The number of piperidine rings is 2. The van der Waals surface area contributed by atoms with Gasteiger partial charge in [0.25, 0.3) is 5.91 Å². The topological polar surface area (TPSA) is 212 Å². The SMILES string of the molecule is COc1cccc(Oc2ccc(-c3nn(C4CCC(C(=O)NC5CN(CC6CCN(c7ccc(C(=O)NC8CCC(=O)NC8=O)nc7)CC6)C5)CC4)c4ncnc(N)c34)cc2)c1F. The predicted octanol–water partition coefficient (Wildman–Crippen LogP) is 4.39. The number of anilines is 2. The molecule has 1 unspecified atom stereocenters. The van der Waals surface area contributed by atoms with Crippen LogP contribution in [0, 0.1) is 17.7 Å². The Labute approximate surface area is 362 Å². The lowest BCUT2D eigenvalue weighted by atomic mass is 9.85. The summed E-state index contributed by atoms with van der Waals surface area (Å²) in [5.41, 5.74) is 9.65. The Hall–Kier alpha value is -6.69. The summed E-state index contributed by atoms with van der Waals surface area (Å²) >= 11 is 0. The molecule has 328 valence electrons. The average molecular weight is 860 g/mol. The molecule has 17 nitrogen and oxygen atoms in total. The van der Waals surface area contributed by atoms with Gasteiger partial charge in [-0.05, 0) is 99.4 Å². The number of rotatable bonds is 12. The standard InChI is InChI=1S/C45H50FN11O6/c1-62-35-3-2-4-36(39(35)46)63-32-12-7-27(8-13-32)40-38-41(47)49-25-50-42(38)57(54-40)30-9-5-28(6-10-30)43(59)51-29-23-55(24-29)22-26-17-19-56(20-18-26)31-11-14-33(48-21-31)44(60)52-34-15-16-37(58)53-45(34)61/h2-4,7-8,11-14,21,25-26,28-30,34H,5-6,9-10,15-20,22-24H2,1H3,(H,51,59)(H,52,60)(H2,47,49,50)(H,53,58,61). The third kappa shape index (κ3) is 8.98. The van der Waals surface area contributed by atoms with E-state index in [0.717, 1.165) is 82.5 Å². The number of imide groups is 1. The average Bonchev–Trinajstić information content (AvgIpc) is 3.69. The maximum atomic E-state index is 14.7. The Morgan fingerprint density at radius 3 is 2.38 bits per heavy atom. The Balaban J connectivity index is 0.719. The summed E-state index contributed by atoms with van der Waals surface area (Å²) in [7, 11) is 1.40. The highest BCUT2D eigenvalue weighted by atomic mass is 19.1. The number of fused-ring (bicyclic) bond motifs is 1. The van der Waals surface area contributed by atoms with Crippen molar-refractivity contribution < 1.29 is 33.0 Å². The number of hydrogen-bond acceptors (Lipinski definition) is 13. The first-order valence-corrected chi connectivity index (χ1v) is 21.6. The van der Waals surface area contributed by atoms with Crippen LogP contribution in [0.2, 0.25) is 0 Å². The highest BCUT2D eigenvalue weighted by Gasteiger charge is 2.35. The lowest BCUT2D eigenvalue weighted by Gasteiger charge is -2.43. The van der Waals surface area contributed by atoms with Crippen molar-refractivity contribution in [2.75, 3.05) is 50.5 Å². The minimum absolute atomic E-state index is 0.0397. The van der Waals surface area contributed by atoms with E-state index in [9.17, 15) is 23.6 Å². The van der Waals surface area contributed by atoms with Crippen LogP contribution in [-0.4, -0.2) is 105 Å². The van der Waals surface area contributed by atoms with Gasteiger partial charge in [0.05, 0.1) is 36.5 Å². The van der Waals surface area contributed by atoms with Crippen LogP contribution in [0.4, 0.5) is 15.9 Å². The molecule has 1 atom stereocenters. The van der Waals surface area contributed by atoms with E-state index in [1.807, 2.05) is 22.9 Å². The molecule has 5 N–H and O–H groups in total. The quantitative estimate of drug-likeness (QED) is 0.128. The molecule has 4 fully saturated rings. The molecule has 3 aromatic heterocycles. The molecule has 1 saturated carbocycles. The molecular formula is C45H50FN11O6. The Morgan fingerprint density at radius 2 is 1.67 bits per heavy atom. The molecule has 0 spiro atoms. The van der Waals surface area contributed by atoms with Gasteiger partial charge in [-0.1, -0.05) is 6.07 Å². The van der Waals surface area contributed by atoms with Gasteiger partial charge in [-0.3, -0.25) is 29.4 Å². The van der Waals surface area contributed by atoms with Crippen LogP contribution in [0.25, 0.3) is 22.3 Å². The second-order valence-electron chi connectivity index (χ2n) is 16.9. The number of carbonyl (C=O) groups is 4. The van der Waals surface area contributed by atoms with Crippen molar-refractivity contribution in [3.05, 3.63) is 78.6 Å². The first-order chi connectivity index (χ1) is 30.6. The largest absolute Gasteiger partial charge is 0.494 e. The number of pyridine rings is 1. The van der Waals surface area contributed by atoms with Gasteiger partial charge in [-0.25, -0.2) is 19.6 Å². The van der Waals surface area contributed by atoms with E-state index in [1.165, 1.54) is 25.6 Å². The molecule has 18 heteroatoms.